The molecule has 0 saturated heterocycles. The van der Waals surface area contributed by atoms with Crippen LogP contribution in [0.25, 0.3) is 0 Å². The Balaban J connectivity index is 1.32. The molecule has 0 aromatic heterocycles. The van der Waals surface area contributed by atoms with E-state index in [-0.39, 0.29) is 6.71 Å². The zero-order chi connectivity index (χ0) is 47.9. The zero-order valence-corrected chi connectivity index (χ0v) is 41.0. The maximum absolute atomic E-state index is 16.7. The molecule has 334 valence electrons. The quantitative estimate of drug-likeness (QED) is 0.0816. The van der Waals surface area contributed by atoms with Crippen molar-refractivity contribution in [3.05, 3.63) is 262 Å². The fourth-order valence-corrected chi connectivity index (χ4v) is 12.5. The molecule has 0 bridgehead atoms. The van der Waals surface area contributed by atoms with Gasteiger partial charge in [0.2, 0.25) is 6.71 Å². The van der Waals surface area contributed by atoms with Crippen LogP contribution in [0.1, 0.15) is 55.6 Å². The smallest absolute Gasteiger partial charge is 0.244 e. The van der Waals surface area contributed by atoms with Crippen LogP contribution in [0.15, 0.2) is 206 Å². The van der Waals surface area contributed by atoms with Gasteiger partial charge in [0.15, 0.2) is 7.14 Å². The summed E-state index contributed by atoms with van der Waals surface area (Å²) in [5.74, 6) is 14.5. The Morgan fingerprint density at radius 2 is 0.725 bits per heavy atom. The van der Waals surface area contributed by atoms with Gasteiger partial charge >= 0.3 is 0 Å². The maximum atomic E-state index is 16.7. The molecule has 0 radical (unpaired) electrons. The van der Waals surface area contributed by atoms with Gasteiger partial charge in [0, 0.05) is 60.9 Å². The van der Waals surface area contributed by atoms with Gasteiger partial charge in [-0.05, 0) is 126 Å². The van der Waals surface area contributed by atoms with E-state index in [0.717, 1.165) is 55.5 Å². The lowest BCUT2D eigenvalue weighted by atomic mass is 9.33. The summed E-state index contributed by atoms with van der Waals surface area (Å²) in [7, 11) is -3.58. The standard InChI is InChI=1S/C64H54BN2OP/c1-45-39-47(3)63(48(4)40-45)65(64-49(5)41-46(2)42-50(64)6)61-43-54(34-28-52-31-37-58(38-32-52)67-56-21-13-8-14-22-56)62(69(68,59-23-15-9-16-24-59)60-25-17-10-18-26-60)44-53(61)33-27-51-29-35-57(36-30-51)66-55-19-11-7-12-20-55/h7-26,29-32,35-44,66-67H,1-6H3. The largest absolute Gasteiger partial charge is 0.356 e. The summed E-state index contributed by atoms with van der Waals surface area (Å²) in [6, 6.07) is 69.9. The zero-order valence-electron chi connectivity index (χ0n) is 40.1. The van der Waals surface area contributed by atoms with Gasteiger partial charge in [0.25, 0.3) is 0 Å². The van der Waals surface area contributed by atoms with Crippen molar-refractivity contribution in [2.75, 3.05) is 10.6 Å². The Hall–Kier alpha value is -8.01. The number of aryl methyl sites for hydroxylation is 6. The third-order valence-electron chi connectivity index (χ3n) is 12.7. The fraction of sp³-hybridized carbons (Fsp3) is 0.0938. The molecule has 69 heavy (non-hydrogen) atoms. The van der Waals surface area contributed by atoms with E-state index in [2.05, 4.69) is 149 Å². The van der Waals surface area contributed by atoms with Gasteiger partial charge in [0.1, 0.15) is 0 Å². The highest BCUT2D eigenvalue weighted by Gasteiger charge is 2.36. The summed E-state index contributed by atoms with van der Waals surface area (Å²) in [6.07, 6.45) is 0. The van der Waals surface area contributed by atoms with Crippen molar-refractivity contribution in [2.45, 2.75) is 41.5 Å². The third-order valence-corrected chi connectivity index (χ3v) is 15.8. The van der Waals surface area contributed by atoms with Gasteiger partial charge in [-0.2, -0.15) is 0 Å². The minimum atomic E-state index is -3.58. The van der Waals surface area contributed by atoms with E-state index in [1.807, 2.05) is 133 Å². The normalized spacial score (nSPS) is 10.9. The summed E-state index contributed by atoms with van der Waals surface area (Å²) < 4.78 is 16.7. The Labute approximate surface area is 409 Å². The highest BCUT2D eigenvalue weighted by Crippen LogP contribution is 2.43. The molecule has 3 nitrogen and oxygen atoms in total. The van der Waals surface area contributed by atoms with Crippen molar-refractivity contribution in [3.63, 3.8) is 0 Å². The number of hydrogen-bond donors (Lipinski definition) is 2. The van der Waals surface area contributed by atoms with Gasteiger partial charge in [-0.25, -0.2) is 0 Å². The van der Waals surface area contributed by atoms with Gasteiger partial charge in [-0.15, -0.1) is 0 Å². The van der Waals surface area contributed by atoms with E-state index in [4.69, 9.17) is 0 Å². The Bertz CT molecular complexity index is 3310. The predicted molar refractivity (Wildman–Crippen MR) is 296 cm³/mol. The minimum Gasteiger partial charge on any atom is -0.356 e. The molecule has 0 atom stereocenters. The lowest BCUT2D eigenvalue weighted by molar-refractivity contribution is 0.592. The Kier molecular flexibility index (Phi) is 13.7. The molecule has 2 N–H and O–H groups in total. The summed E-state index contributed by atoms with van der Waals surface area (Å²) in [5.41, 5.74) is 17.9. The van der Waals surface area contributed by atoms with Crippen molar-refractivity contribution < 1.29 is 4.57 Å². The molecular weight excluding hydrogens is 855 g/mol. The van der Waals surface area contributed by atoms with Crippen molar-refractivity contribution in [3.8, 4) is 23.7 Å². The van der Waals surface area contributed by atoms with Crippen molar-refractivity contribution >= 4 is 68.9 Å². The lowest BCUT2D eigenvalue weighted by Crippen LogP contribution is -2.57. The van der Waals surface area contributed by atoms with Crippen LogP contribution in [0.3, 0.4) is 0 Å². The molecular formula is C64H54BN2OP. The number of hydrogen-bond acceptors (Lipinski definition) is 3. The highest BCUT2D eigenvalue weighted by atomic mass is 31.2. The summed E-state index contributed by atoms with van der Waals surface area (Å²) in [6.45, 7) is 13.0. The first-order valence-corrected chi connectivity index (χ1v) is 25.2. The van der Waals surface area contributed by atoms with Crippen LogP contribution in [0.2, 0.25) is 0 Å². The number of benzene rings is 9. The van der Waals surface area contributed by atoms with E-state index in [0.29, 0.717) is 10.9 Å². The molecule has 0 fully saturated rings. The second-order valence-corrected chi connectivity index (χ2v) is 20.7. The SMILES string of the molecule is Cc1cc(C)c(B(c2cc(C#Cc3ccc(Nc4ccccc4)cc3)c(P(=O)(c3ccccc3)c3ccccc3)cc2C#Cc2ccc(Nc3ccccc3)cc2)c2c(C)cc(C)cc2C)c(C)c1. The lowest BCUT2D eigenvalue weighted by Gasteiger charge is -2.27. The van der Waals surface area contributed by atoms with Crippen LogP contribution < -0.4 is 42.9 Å². The molecule has 0 aliphatic heterocycles. The molecule has 5 heteroatoms. The van der Waals surface area contributed by atoms with Crippen molar-refractivity contribution in [2.24, 2.45) is 0 Å². The molecule has 9 aromatic rings. The van der Waals surface area contributed by atoms with Crippen LogP contribution >= 0.6 is 7.14 Å². The first kappa shape index (κ1) is 46.1. The van der Waals surface area contributed by atoms with Gasteiger partial charge in [-0.1, -0.05) is 195 Å². The number of para-hydroxylation sites is 2. The molecule has 9 aromatic carbocycles. The predicted octanol–water partition coefficient (Wildman–Crippen LogP) is 12.0. The fourth-order valence-electron chi connectivity index (χ4n) is 9.69. The number of anilines is 4. The molecule has 0 unspecified atom stereocenters. The first-order chi connectivity index (χ1) is 33.5. The molecule has 9 rings (SSSR count). The van der Waals surface area contributed by atoms with Crippen LogP contribution in [0, 0.1) is 65.2 Å². The topological polar surface area (TPSA) is 41.1 Å². The summed E-state index contributed by atoms with van der Waals surface area (Å²) in [4.78, 5) is 0. The van der Waals surface area contributed by atoms with E-state index < -0.39 is 7.14 Å². The monoisotopic (exact) mass is 908 g/mol. The molecule has 0 aliphatic rings. The Morgan fingerprint density at radius 3 is 1.12 bits per heavy atom. The molecule has 0 saturated carbocycles. The number of rotatable bonds is 10. The van der Waals surface area contributed by atoms with E-state index >= 15 is 4.57 Å². The van der Waals surface area contributed by atoms with E-state index in [9.17, 15) is 0 Å². The maximum Gasteiger partial charge on any atom is 0.244 e. The summed E-state index contributed by atoms with van der Waals surface area (Å²) in [5, 5.41) is 9.10. The third kappa shape index (κ3) is 10.3. The Morgan fingerprint density at radius 1 is 0.377 bits per heavy atom. The van der Waals surface area contributed by atoms with Crippen LogP contribution in [-0.4, -0.2) is 6.71 Å². The van der Waals surface area contributed by atoms with Crippen LogP contribution in [0.5, 0.6) is 0 Å². The van der Waals surface area contributed by atoms with Gasteiger partial charge < -0.3 is 15.2 Å². The minimum absolute atomic E-state index is 0.223. The van der Waals surface area contributed by atoms with E-state index in [1.165, 1.54) is 44.3 Å². The molecule has 0 heterocycles. The van der Waals surface area contributed by atoms with Gasteiger partial charge in [0.05, 0.1) is 0 Å². The second kappa shape index (κ2) is 20.5. The average molecular weight is 909 g/mol. The first-order valence-electron chi connectivity index (χ1n) is 23.5. The van der Waals surface area contributed by atoms with Crippen molar-refractivity contribution in [1.82, 2.24) is 0 Å². The second-order valence-electron chi connectivity index (χ2n) is 17.9. The average Bonchev–Trinajstić information content (AvgIpc) is 3.36. The van der Waals surface area contributed by atoms with Crippen molar-refractivity contribution in [1.29, 1.82) is 0 Å². The van der Waals surface area contributed by atoms with Crippen LogP contribution in [-0.2, 0) is 4.57 Å². The summed E-state index contributed by atoms with van der Waals surface area (Å²) >= 11 is 0. The van der Waals surface area contributed by atoms with E-state index in [1.54, 1.807) is 0 Å². The molecule has 0 amide bonds. The van der Waals surface area contributed by atoms with Crippen LogP contribution in [0.4, 0.5) is 22.7 Å². The molecule has 0 spiro atoms. The highest BCUT2D eigenvalue weighted by molar-refractivity contribution is 7.85. The number of nitrogens with one attached hydrogen (secondary N) is 2. The molecule has 0 aliphatic carbocycles. The van der Waals surface area contributed by atoms with Gasteiger partial charge in [-0.3, -0.25) is 0 Å².